The number of aryl methyl sites for hydroxylation is 2. The normalized spacial score (nSPS) is 28.4. The van der Waals surface area contributed by atoms with Gasteiger partial charge in [-0.15, -0.1) is 0 Å². The molecule has 2 heteroatoms. The summed E-state index contributed by atoms with van der Waals surface area (Å²) in [5.74, 6) is 0.620. The predicted octanol–water partition coefficient (Wildman–Crippen LogP) is 4.32. The third-order valence-corrected chi connectivity index (χ3v) is 4.65. The zero-order chi connectivity index (χ0) is 14.8. The minimum atomic E-state index is -0.523. The highest BCUT2D eigenvalue weighted by atomic mass is 16.5. The van der Waals surface area contributed by atoms with E-state index in [1.165, 1.54) is 12.0 Å². The molecule has 1 aromatic carbocycles. The lowest BCUT2D eigenvalue weighted by Crippen LogP contribution is -2.43. The van der Waals surface area contributed by atoms with Crippen LogP contribution in [0.5, 0.6) is 0 Å². The van der Waals surface area contributed by atoms with Gasteiger partial charge in [-0.25, -0.2) is 0 Å². The van der Waals surface area contributed by atoms with Gasteiger partial charge in [0.2, 0.25) is 0 Å². The van der Waals surface area contributed by atoms with E-state index < -0.39 is 11.7 Å². The third kappa shape index (κ3) is 3.07. The summed E-state index contributed by atoms with van der Waals surface area (Å²) in [6, 6.07) is 6.31. The molecule has 3 unspecified atom stereocenters. The maximum atomic E-state index is 11.0. The molecule has 2 nitrogen and oxygen atoms in total. The Balaban J connectivity index is 2.35. The number of hydrogen-bond donors (Lipinski definition) is 1. The average molecular weight is 276 g/mol. The first kappa shape index (κ1) is 15.5. The van der Waals surface area contributed by atoms with Crippen LogP contribution >= 0.6 is 0 Å². The van der Waals surface area contributed by atoms with Crippen LogP contribution in [-0.4, -0.2) is 17.3 Å². The number of aliphatic hydroxyl groups is 1. The molecule has 0 aliphatic heterocycles. The molecule has 20 heavy (non-hydrogen) atoms. The predicted molar refractivity (Wildman–Crippen MR) is 82.9 cm³/mol. The van der Waals surface area contributed by atoms with E-state index in [2.05, 4.69) is 39.0 Å². The first-order valence-electron chi connectivity index (χ1n) is 7.87. The minimum Gasteiger partial charge on any atom is -0.385 e. The summed E-state index contributed by atoms with van der Waals surface area (Å²) in [5.41, 5.74) is 2.98. The van der Waals surface area contributed by atoms with Crippen molar-refractivity contribution >= 4 is 0 Å². The van der Waals surface area contributed by atoms with Gasteiger partial charge in [-0.1, -0.05) is 43.5 Å². The van der Waals surface area contributed by atoms with Crippen molar-refractivity contribution in [1.82, 2.24) is 0 Å². The summed E-state index contributed by atoms with van der Waals surface area (Å²) in [7, 11) is 0. The van der Waals surface area contributed by atoms with Gasteiger partial charge in [0.15, 0.2) is 0 Å². The van der Waals surface area contributed by atoms with Crippen molar-refractivity contribution in [3.63, 3.8) is 0 Å². The molecule has 0 saturated heterocycles. The second-order valence-corrected chi connectivity index (χ2v) is 6.46. The standard InChI is InChI=1S/C18H28O2/c1-5-20-18(10-6-7-14(3)12-18)17(19)16-11-13(2)8-9-15(16)4/h8-9,11,14,17,19H,5-7,10,12H2,1-4H3. The summed E-state index contributed by atoms with van der Waals surface area (Å²) in [4.78, 5) is 0. The summed E-state index contributed by atoms with van der Waals surface area (Å²) in [5, 5.41) is 11.0. The van der Waals surface area contributed by atoms with Crippen LogP contribution in [0, 0.1) is 19.8 Å². The topological polar surface area (TPSA) is 29.5 Å². The van der Waals surface area contributed by atoms with Gasteiger partial charge in [-0.2, -0.15) is 0 Å². The van der Waals surface area contributed by atoms with Gasteiger partial charge in [0.05, 0.1) is 5.60 Å². The molecular formula is C18H28O2. The van der Waals surface area contributed by atoms with E-state index in [1.54, 1.807) is 0 Å². The summed E-state index contributed by atoms with van der Waals surface area (Å²) >= 11 is 0. The smallest absolute Gasteiger partial charge is 0.108 e. The van der Waals surface area contributed by atoms with Gasteiger partial charge in [0.25, 0.3) is 0 Å². The molecule has 1 N–H and O–H groups in total. The molecule has 0 bridgehead atoms. The van der Waals surface area contributed by atoms with Crippen LogP contribution in [0.2, 0.25) is 0 Å². The fraction of sp³-hybridized carbons (Fsp3) is 0.667. The Hall–Kier alpha value is -0.860. The SMILES string of the molecule is CCOC1(C(O)c2cc(C)ccc2C)CCCC(C)C1. The Kier molecular flexibility index (Phi) is 4.87. The van der Waals surface area contributed by atoms with Crippen LogP contribution in [0.25, 0.3) is 0 Å². The van der Waals surface area contributed by atoms with E-state index in [0.717, 1.165) is 30.4 Å². The number of ether oxygens (including phenoxy) is 1. The Bertz CT molecular complexity index is 451. The average Bonchev–Trinajstić information content (AvgIpc) is 2.41. The van der Waals surface area contributed by atoms with Gasteiger partial charge in [-0.3, -0.25) is 0 Å². The van der Waals surface area contributed by atoms with E-state index in [1.807, 2.05) is 6.92 Å². The van der Waals surface area contributed by atoms with Crippen molar-refractivity contribution in [1.29, 1.82) is 0 Å². The van der Waals surface area contributed by atoms with Crippen LogP contribution < -0.4 is 0 Å². The van der Waals surface area contributed by atoms with Crippen LogP contribution in [0.4, 0.5) is 0 Å². The van der Waals surface area contributed by atoms with Crippen LogP contribution in [0.1, 0.15) is 62.3 Å². The summed E-state index contributed by atoms with van der Waals surface area (Å²) in [6.07, 6.45) is 3.78. The Morgan fingerprint density at radius 1 is 1.40 bits per heavy atom. The van der Waals surface area contributed by atoms with E-state index in [0.29, 0.717) is 12.5 Å². The molecule has 0 aromatic heterocycles. The first-order valence-corrected chi connectivity index (χ1v) is 7.87. The second kappa shape index (κ2) is 6.28. The highest BCUT2D eigenvalue weighted by Gasteiger charge is 2.43. The minimum absolute atomic E-state index is 0.398. The fourth-order valence-corrected chi connectivity index (χ4v) is 3.63. The van der Waals surface area contributed by atoms with Gasteiger partial charge in [0.1, 0.15) is 6.10 Å². The van der Waals surface area contributed by atoms with Crippen LogP contribution in [-0.2, 0) is 4.74 Å². The third-order valence-electron chi connectivity index (χ3n) is 4.65. The molecule has 112 valence electrons. The lowest BCUT2D eigenvalue weighted by atomic mass is 9.73. The van der Waals surface area contributed by atoms with Crippen molar-refractivity contribution in [2.45, 2.75) is 65.1 Å². The van der Waals surface area contributed by atoms with Gasteiger partial charge in [-0.05, 0) is 50.7 Å². The lowest BCUT2D eigenvalue weighted by molar-refractivity contribution is -0.150. The van der Waals surface area contributed by atoms with Crippen molar-refractivity contribution in [2.24, 2.45) is 5.92 Å². The summed E-state index contributed by atoms with van der Waals surface area (Å²) in [6.45, 7) is 9.10. The highest BCUT2D eigenvalue weighted by Crippen LogP contribution is 2.44. The molecule has 1 aromatic rings. The lowest BCUT2D eigenvalue weighted by Gasteiger charge is -2.43. The fourth-order valence-electron chi connectivity index (χ4n) is 3.63. The number of rotatable bonds is 4. The monoisotopic (exact) mass is 276 g/mol. The van der Waals surface area contributed by atoms with Crippen molar-refractivity contribution in [3.05, 3.63) is 34.9 Å². The van der Waals surface area contributed by atoms with Gasteiger partial charge in [0, 0.05) is 6.61 Å². The van der Waals surface area contributed by atoms with Crippen LogP contribution in [0.3, 0.4) is 0 Å². The highest BCUT2D eigenvalue weighted by molar-refractivity contribution is 5.34. The molecule has 0 amide bonds. The van der Waals surface area contributed by atoms with Gasteiger partial charge >= 0.3 is 0 Å². The molecule has 2 rings (SSSR count). The molecule has 3 atom stereocenters. The molecule has 1 fully saturated rings. The molecule has 1 aliphatic rings. The van der Waals surface area contributed by atoms with Crippen molar-refractivity contribution in [3.8, 4) is 0 Å². The molecular weight excluding hydrogens is 248 g/mol. The number of benzene rings is 1. The van der Waals surface area contributed by atoms with Crippen molar-refractivity contribution in [2.75, 3.05) is 6.61 Å². The molecule has 1 saturated carbocycles. The largest absolute Gasteiger partial charge is 0.385 e. The zero-order valence-corrected chi connectivity index (χ0v) is 13.3. The maximum Gasteiger partial charge on any atom is 0.108 e. The summed E-state index contributed by atoms with van der Waals surface area (Å²) < 4.78 is 6.10. The van der Waals surface area contributed by atoms with Crippen LogP contribution in [0.15, 0.2) is 18.2 Å². The zero-order valence-electron chi connectivity index (χ0n) is 13.3. The quantitative estimate of drug-likeness (QED) is 0.887. The first-order chi connectivity index (χ1) is 9.48. The van der Waals surface area contributed by atoms with E-state index in [-0.39, 0.29) is 0 Å². The molecule has 0 spiro atoms. The molecule has 1 aliphatic carbocycles. The maximum absolute atomic E-state index is 11.0. The number of hydrogen-bond acceptors (Lipinski definition) is 2. The Morgan fingerprint density at radius 3 is 2.80 bits per heavy atom. The van der Waals surface area contributed by atoms with Crippen molar-refractivity contribution < 1.29 is 9.84 Å². The van der Waals surface area contributed by atoms with E-state index >= 15 is 0 Å². The number of aliphatic hydroxyl groups excluding tert-OH is 1. The Morgan fingerprint density at radius 2 is 2.15 bits per heavy atom. The molecule has 0 heterocycles. The van der Waals surface area contributed by atoms with Gasteiger partial charge < -0.3 is 9.84 Å². The van der Waals surface area contributed by atoms with E-state index in [9.17, 15) is 5.11 Å². The van der Waals surface area contributed by atoms with E-state index in [4.69, 9.17) is 4.74 Å². The Labute approximate surface area is 123 Å². The second-order valence-electron chi connectivity index (χ2n) is 6.46. The molecule has 0 radical (unpaired) electrons.